The lowest BCUT2D eigenvalue weighted by Gasteiger charge is -2.23. The number of hydrogen-bond donors (Lipinski definition) is 1. The van der Waals surface area contributed by atoms with Crippen molar-refractivity contribution in [2.45, 2.75) is 59.1 Å². The van der Waals surface area contributed by atoms with Gasteiger partial charge in [-0.15, -0.1) is 0 Å². The summed E-state index contributed by atoms with van der Waals surface area (Å²) in [5, 5.41) is 14.5. The summed E-state index contributed by atoms with van der Waals surface area (Å²) in [5.74, 6) is 0. The molecule has 0 radical (unpaired) electrons. The Hall–Kier alpha value is -0.830. The molecule has 0 aromatic carbocycles. The van der Waals surface area contributed by atoms with Crippen molar-refractivity contribution < 1.29 is 5.11 Å². The van der Waals surface area contributed by atoms with Gasteiger partial charge in [0, 0.05) is 5.69 Å². The third-order valence-corrected chi connectivity index (χ3v) is 2.81. The molecule has 0 fully saturated rings. The van der Waals surface area contributed by atoms with E-state index in [1.165, 1.54) is 0 Å². The quantitative estimate of drug-likeness (QED) is 0.811. The van der Waals surface area contributed by atoms with Crippen LogP contribution in [0.2, 0.25) is 0 Å². The third-order valence-electron chi connectivity index (χ3n) is 2.81. The highest BCUT2D eigenvalue weighted by Crippen LogP contribution is 2.21. The molecule has 0 aliphatic rings. The zero-order chi connectivity index (χ0) is 11.4. The van der Waals surface area contributed by atoms with E-state index in [0.29, 0.717) is 0 Å². The van der Waals surface area contributed by atoms with Gasteiger partial charge in [-0.3, -0.25) is 4.68 Å². The summed E-state index contributed by atoms with van der Waals surface area (Å²) in [6.45, 7) is 8.22. The Bertz CT molecular complexity index is 307. The first-order valence-electron chi connectivity index (χ1n) is 5.81. The zero-order valence-electron chi connectivity index (χ0n) is 10.2. The minimum Gasteiger partial charge on any atom is -0.391 e. The van der Waals surface area contributed by atoms with Gasteiger partial charge in [-0.25, -0.2) is 0 Å². The minimum absolute atomic E-state index is 0.124. The highest BCUT2D eigenvalue weighted by atomic mass is 16.3. The molecule has 2 atom stereocenters. The van der Waals surface area contributed by atoms with Crippen molar-refractivity contribution in [3.63, 3.8) is 0 Å². The van der Waals surface area contributed by atoms with Crippen LogP contribution in [0.1, 0.15) is 50.5 Å². The summed E-state index contributed by atoms with van der Waals surface area (Å²) in [6, 6.07) is 2.18. The molecule has 1 rings (SSSR count). The van der Waals surface area contributed by atoms with E-state index >= 15 is 0 Å². The molecule has 0 aliphatic heterocycles. The second-order valence-electron chi connectivity index (χ2n) is 4.20. The van der Waals surface area contributed by atoms with E-state index in [4.69, 9.17) is 0 Å². The Balaban J connectivity index is 2.86. The molecule has 0 saturated heterocycles. The fourth-order valence-corrected chi connectivity index (χ4v) is 2.08. The number of aryl methyl sites for hydroxylation is 2. The SMILES string of the molecule is CCCC(O)C(CC)n1nc(C)cc1C. The van der Waals surface area contributed by atoms with Crippen molar-refractivity contribution in [1.82, 2.24) is 9.78 Å². The number of aromatic nitrogens is 2. The Morgan fingerprint density at radius 1 is 1.40 bits per heavy atom. The monoisotopic (exact) mass is 210 g/mol. The topological polar surface area (TPSA) is 38.0 Å². The van der Waals surface area contributed by atoms with Crippen LogP contribution in [-0.2, 0) is 0 Å². The molecule has 0 aliphatic carbocycles. The molecule has 0 spiro atoms. The Morgan fingerprint density at radius 2 is 2.07 bits per heavy atom. The predicted molar refractivity (Wildman–Crippen MR) is 61.9 cm³/mol. The lowest BCUT2D eigenvalue weighted by atomic mass is 10.0. The van der Waals surface area contributed by atoms with E-state index in [0.717, 1.165) is 30.7 Å². The first-order chi connectivity index (χ1) is 7.10. The molecule has 1 aromatic rings. The second kappa shape index (κ2) is 5.31. The summed E-state index contributed by atoms with van der Waals surface area (Å²) in [7, 11) is 0. The van der Waals surface area contributed by atoms with Crippen LogP contribution in [0, 0.1) is 13.8 Å². The van der Waals surface area contributed by atoms with Crippen LogP contribution in [0.3, 0.4) is 0 Å². The van der Waals surface area contributed by atoms with Gasteiger partial charge in [-0.05, 0) is 32.8 Å². The number of nitrogens with zero attached hydrogens (tertiary/aromatic N) is 2. The van der Waals surface area contributed by atoms with Crippen molar-refractivity contribution in [1.29, 1.82) is 0 Å². The lowest BCUT2D eigenvalue weighted by Crippen LogP contribution is -2.25. The summed E-state index contributed by atoms with van der Waals surface area (Å²) in [5.41, 5.74) is 2.16. The van der Waals surface area contributed by atoms with Crippen LogP contribution in [0.15, 0.2) is 6.07 Å². The van der Waals surface area contributed by atoms with Crippen molar-refractivity contribution in [2.75, 3.05) is 0 Å². The van der Waals surface area contributed by atoms with Gasteiger partial charge in [0.1, 0.15) is 0 Å². The van der Waals surface area contributed by atoms with Gasteiger partial charge < -0.3 is 5.11 Å². The van der Waals surface area contributed by atoms with Gasteiger partial charge in [0.15, 0.2) is 0 Å². The number of rotatable bonds is 5. The van der Waals surface area contributed by atoms with Crippen LogP contribution in [0.5, 0.6) is 0 Å². The summed E-state index contributed by atoms with van der Waals surface area (Å²) < 4.78 is 1.97. The van der Waals surface area contributed by atoms with Gasteiger partial charge >= 0.3 is 0 Å². The lowest BCUT2D eigenvalue weighted by molar-refractivity contribution is 0.0929. The summed E-state index contributed by atoms with van der Waals surface area (Å²) in [6.07, 6.45) is 2.50. The van der Waals surface area contributed by atoms with E-state index in [2.05, 4.69) is 25.0 Å². The maximum absolute atomic E-state index is 10.0. The van der Waals surface area contributed by atoms with Crippen molar-refractivity contribution in [3.8, 4) is 0 Å². The van der Waals surface area contributed by atoms with Crippen LogP contribution in [0.4, 0.5) is 0 Å². The summed E-state index contributed by atoms with van der Waals surface area (Å²) >= 11 is 0. The first-order valence-corrected chi connectivity index (χ1v) is 5.81. The minimum atomic E-state index is -0.280. The fourth-order valence-electron chi connectivity index (χ4n) is 2.08. The molecule has 2 unspecified atom stereocenters. The third kappa shape index (κ3) is 2.81. The molecule has 1 N–H and O–H groups in total. The Labute approximate surface area is 92.1 Å². The van der Waals surface area contributed by atoms with Gasteiger partial charge in [0.2, 0.25) is 0 Å². The van der Waals surface area contributed by atoms with E-state index in [1.54, 1.807) is 0 Å². The highest BCUT2D eigenvalue weighted by molar-refractivity contribution is 5.08. The summed E-state index contributed by atoms with van der Waals surface area (Å²) in [4.78, 5) is 0. The van der Waals surface area contributed by atoms with Crippen LogP contribution >= 0.6 is 0 Å². The average Bonchev–Trinajstić information content (AvgIpc) is 2.47. The molecule has 86 valence electrons. The largest absolute Gasteiger partial charge is 0.391 e. The number of hydrogen-bond acceptors (Lipinski definition) is 2. The average molecular weight is 210 g/mol. The molecule has 0 amide bonds. The first kappa shape index (κ1) is 12.2. The van der Waals surface area contributed by atoms with Gasteiger partial charge in [-0.1, -0.05) is 20.3 Å². The van der Waals surface area contributed by atoms with Gasteiger partial charge in [0.05, 0.1) is 17.8 Å². The molecular formula is C12H22N2O. The predicted octanol–water partition coefficient (Wildman–Crippen LogP) is 2.61. The number of aliphatic hydroxyl groups excluding tert-OH is 1. The molecule has 3 heteroatoms. The molecule has 1 aromatic heterocycles. The van der Waals surface area contributed by atoms with Crippen LogP contribution < -0.4 is 0 Å². The van der Waals surface area contributed by atoms with E-state index in [9.17, 15) is 5.11 Å². The van der Waals surface area contributed by atoms with Crippen molar-refractivity contribution in [3.05, 3.63) is 17.5 Å². The van der Waals surface area contributed by atoms with E-state index in [1.807, 2.05) is 18.5 Å². The van der Waals surface area contributed by atoms with Crippen molar-refractivity contribution >= 4 is 0 Å². The van der Waals surface area contributed by atoms with Gasteiger partial charge in [-0.2, -0.15) is 5.10 Å². The molecule has 15 heavy (non-hydrogen) atoms. The maximum atomic E-state index is 10.0. The Kier molecular flexibility index (Phi) is 4.33. The molecule has 1 heterocycles. The van der Waals surface area contributed by atoms with E-state index in [-0.39, 0.29) is 12.1 Å². The van der Waals surface area contributed by atoms with Crippen LogP contribution in [0.25, 0.3) is 0 Å². The van der Waals surface area contributed by atoms with Crippen molar-refractivity contribution in [2.24, 2.45) is 0 Å². The standard InChI is InChI=1S/C12H22N2O/c1-5-7-12(15)11(6-2)14-10(4)8-9(3)13-14/h8,11-12,15H,5-7H2,1-4H3. The molecule has 3 nitrogen and oxygen atoms in total. The smallest absolute Gasteiger partial charge is 0.0778 e. The highest BCUT2D eigenvalue weighted by Gasteiger charge is 2.20. The van der Waals surface area contributed by atoms with E-state index < -0.39 is 0 Å². The molecule has 0 bridgehead atoms. The molecule has 0 saturated carbocycles. The number of aliphatic hydroxyl groups is 1. The normalized spacial score (nSPS) is 15.3. The van der Waals surface area contributed by atoms with Gasteiger partial charge in [0.25, 0.3) is 0 Å². The maximum Gasteiger partial charge on any atom is 0.0778 e. The molecular weight excluding hydrogens is 188 g/mol. The zero-order valence-corrected chi connectivity index (χ0v) is 10.2. The van der Waals surface area contributed by atoms with Crippen LogP contribution in [-0.4, -0.2) is 21.0 Å². The fraction of sp³-hybridized carbons (Fsp3) is 0.750. The Morgan fingerprint density at radius 3 is 2.47 bits per heavy atom. The second-order valence-corrected chi connectivity index (χ2v) is 4.20.